The summed E-state index contributed by atoms with van der Waals surface area (Å²) in [6.45, 7) is 6.09. The third kappa shape index (κ3) is 6.21. The van der Waals surface area contributed by atoms with Gasteiger partial charge in [-0.05, 0) is 38.0 Å². The molecule has 108 valence electrons. The lowest BCUT2D eigenvalue weighted by Crippen LogP contribution is -2.19. The second kappa shape index (κ2) is 8.33. The first-order chi connectivity index (χ1) is 9.02. The van der Waals surface area contributed by atoms with Gasteiger partial charge in [-0.15, -0.1) is 0 Å². The van der Waals surface area contributed by atoms with Crippen LogP contribution in [0.4, 0.5) is 0 Å². The van der Waals surface area contributed by atoms with E-state index in [-0.39, 0.29) is 12.1 Å². The number of nitrogens with two attached hydrogens (primary N) is 1. The summed E-state index contributed by atoms with van der Waals surface area (Å²) in [5, 5.41) is 0. The van der Waals surface area contributed by atoms with Gasteiger partial charge in [0, 0.05) is 28.3 Å². The molecule has 0 bridgehead atoms. The molecule has 4 heteroatoms. The van der Waals surface area contributed by atoms with Gasteiger partial charge in [0.15, 0.2) is 0 Å². The number of ether oxygens (including phenoxy) is 1. The van der Waals surface area contributed by atoms with Crippen LogP contribution >= 0.6 is 0 Å². The van der Waals surface area contributed by atoms with Crippen LogP contribution in [0.2, 0.25) is 0 Å². The fourth-order valence-electron chi connectivity index (χ4n) is 1.75. The summed E-state index contributed by atoms with van der Waals surface area (Å²) >= 11 is 0. The molecule has 0 aliphatic heterocycles. The smallest absolute Gasteiger partial charge is 0.119 e. The SMILES string of the molecule is CCCCS(=O)CC(N)c1ccc(OC(C)C)cc1. The molecule has 0 aliphatic rings. The molecule has 2 unspecified atom stereocenters. The largest absolute Gasteiger partial charge is 0.491 e. The molecule has 0 saturated carbocycles. The summed E-state index contributed by atoms with van der Waals surface area (Å²) in [6, 6.07) is 7.60. The zero-order chi connectivity index (χ0) is 14.3. The minimum atomic E-state index is -0.821. The number of benzene rings is 1. The van der Waals surface area contributed by atoms with Crippen LogP contribution in [-0.4, -0.2) is 21.8 Å². The molecule has 1 rings (SSSR count). The molecule has 0 amide bonds. The Kier molecular flexibility index (Phi) is 7.10. The van der Waals surface area contributed by atoms with Gasteiger partial charge in [-0.1, -0.05) is 25.5 Å². The van der Waals surface area contributed by atoms with Crippen LogP contribution in [0.3, 0.4) is 0 Å². The highest BCUT2D eigenvalue weighted by molar-refractivity contribution is 7.85. The van der Waals surface area contributed by atoms with E-state index in [1.165, 1.54) is 0 Å². The second-order valence-electron chi connectivity index (χ2n) is 5.01. The van der Waals surface area contributed by atoms with E-state index in [2.05, 4.69) is 6.92 Å². The maximum atomic E-state index is 11.8. The molecule has 0 spiro atoms. The van der Waals surface area contributed by atoms with Crippen LogP contribution in [0.1, 0.15) is 45.2 Å². The monoisotopic (exact) mass is 283 g/mol. The van der Waals surface area contributed by atoms with Gasteiger partial charge in [0.25, 0.3) is 0 Å². The predicted molar refractivity (Wildman–Crippen MR) is 81.9 cm³/mol. The van der Waals surface area contributed by atoms with Crippen LogP contribution in [0.5, 0.6) is 5.75 Å². The van der Waals surface area contributed by atoms with Crippen molar-refractivity contribution in [3.05, 3.63) is 29.8 Å². The molecule has 3 nitrogen and oxygen atoms in total. The topological polar surface area (TPSA) is 52.3 Å². The van der Waals surface area contributed by atoms with E-state index in [4.69, 9.17) is 10.5 Å². The molecule has 0 radical (unpaired) electrons. The highest BCUT2D eigenvalue weighted by atomic mass is 32.2. The van der Waals surface area contributed by atoms with Gasteiger partial charge in [-0.2, -0.15) is 0 Å². The van der Waals surface area contributed by atoms with E-state index in [0.717, 1.165) is 29.9 Å². The Labute approximate surface area is 119 Å². The minimum Gasteiger partial charge on any atom is -0.491 e. The number of rotatable bonds is 8. The molecule has 1 aromatic rings. The van der Waals surface area contributed by atoms with Crippen LogP contribution in [0, 0.1) is 0 Å². The van der Waals surface area contributed by atoms with Crippen molar-refractivity contribution >= 4 is 10.8 Å². The first-order valence-electron chi connectivity index (χ1n) is 6.90. The maximum absolute atomic E-state index is 11.8. The zero-order valence-electron chi connectivity index (χ0n) is 12.1. The van der Waals surface area contributed by atoms with E-state index >= 15 is 0 Å². The molecule has 2 atom stereocenters. The minimum absolute atomic E-state index is 0.161. The first kappa shape index (κ1) is 16.2. The van der Waals surface area contributed by atoms with Crippen molar-refractivity contribution < 1.29 is 8.95 Å². The molecule has 0 fully saturated rings. The van der Waals surface area contributed by atoms with Crippen molar-refractivity contribution in [3.63, 3.8) is 0 Å². The van der Waals surface area contributed by atoms with Gasteiger partial charge in [-0.3, -0.25) is 4.21 Å². The lowest BCUT2D eigenvalue weighted by atomic mass is 10.1. The van der Waals surface area contributed by atoms with Gasteiger partial charge in [-0.25, -0.2) is 0 Å². The van der Waals surface area contributed by atoms with E-state index in [1.807, 2.05) is 38.1 Å². The lowest BCUT2D eigenvalue weighted by Gasteiger charge is -2.14. The fraction of sp³-hybridized carbons (Fsp3) is 0.600. The second-order valence-corrected chi connectivity index (χ2v) is 6.63. The Bertz CT molecular complexity index is 390. The van der Waals surface area contributed by atoms with Crippen molar-refractivity contribution in [3.8, 4) is 5.75 Å². The molecule has 0 heterocycles. The highest BCUT2D eigenvalue weighted by Gasteiger charge is 2.10. The van der Waals surface area contributed by atoms with Crippen LogP contribution in [0.15, 0.2) is 24.3 Å². The average Bonchev–Trinajstić information content (AvgIpc) is 2.36. The van der Waals surface area contributed by atoms with Crippen molar-refractivity contribution in [1.29, 1.82) is 0 Å². The highest BCUT2D eigenvalue weighted by Crippen LogP contribution is 2.18. The predicted octanol–water partition coefficient (Wildman–Crippen LogP) is 3.02. The Morgan fingerprint density at radius 1 is 1.26 bits per heavy atom. The quantitative estimate of drug-likeness (QED) is 0.798. The fourth-order valence-corrected chi connectivity index (χ4v) is 3.12. The van der Waals surface area contributed by atoms with Gasteiger partial charge in [0.2, 0.25) is 0 Å². The van der Waals surface area contributed by atoms with Crippen LogP contribution < -0.4 is 10.5 Å². The summed E-state index contributed by atoms with van der Waals surface area (Å²) in [4.78, 5) is 0. The zero-order valence-corrected chi connectivity index (χ0v) is 12.9. The maximum Gasteiger partial charge on any atom is 0.119 e. The summed E-state index contributed by atoms with van der Waals surface area (Å²) < 4.78 is 17.4. The van der Waals surface area contributed by atoms with Gasteiger partial charge in [0.05, 0.1) is 6.10 Å². The summed E-state index contributed by atoms with van der Waals surface area (Å²) in [5.41, 5.74) is 7.10. The molecular formula is C15H25NO2S. The van der Waals surface area contributed by atoms with E-state index in [1.54, 1.807) is 0 Å². The standard InChI is InChI=1S/C15H25NO2S/c1-4-5-10-19(17)11-15(16)13-6-8-14(9-7-13)18-12(2)3/h6-9,12,15H,4-5,10-11,16H2,1-3H3. The van der Waals surface area contributed by atoms with Crippen molar-refractivity contribution in [1.82, 2.24) is 0 Å². The number of unbranched alkanes of at least 4 members (excludes halogenated alkanes) is 1. The Morgan fingerprint density at radius 3 is 2.42 bits per heavy atom. The third-order valence-electron chi connectivity index (χ3n) is 2.77. The van der Waals surface area contributed by atoms with E-state index in [0.29, 0.717) is 5.75 Å². The summed E-state index contributed by atoms with van der Waals surface area (Å²) in [7, 11) is -0.821. The molecule has 0 saturated heterocycles. The normalized spacial score (nSPS) is 14.4. The molecule has 0 aliphatic carbocycles. The molecular weight excluding hydrogens is 258 g/mol. The Balaban J connectivity index is 2.52. The number of hydrogen-bond acceptors (Lipinski definition) is 3. The summed E-state index contributed by atoms with van der Waals surface area (Å²) in [5.74, 6) is 2.13. The van der Waals surface area contributed by atoms with Crippen LogP contribution in [-0.2, 0) is 10.8 Å². The first-order valence-corrected chi connectivity index (χ1v) is 8.39. The summed E-state index contributed by atoms with van der Waals surface area (Å²) in [6.07, 6.45) is 2.24. The van der Waals surface area contributed by atoms with Gasteiger partial charge >= 0.3 is 0 Å². The molecule has 1 aromatic carbocycles. The molecule has 19 heavy (non-hydrogen) atoms. The lowest BCUT2D eigenvalue weighted by molar-refractivity contribution is 0.242. The molecule has 0 aromatic heterocycles. The van der Waals surface area contributed by atoms with Gasteiger partial charge < -0.3 is 10.5 Å². The van der Waals surface area contributed by atoms with Crippen molar-refractivity contribution in [2.45, 2.75) is 45.8 Å². The Morgan fingerprint density at radius 2 is 1.89 bits per heavy atom. The Hall–Kier alpha value is -0.870. The van der Waals surface area contributed by atoms with E-state index in [9.17, 15) is 4.21 Å². The number of hydrogen-bond donors (Lipinski definition) is 1. The van der Waals surface area contributed by atoms with Crippen molar-refractivity contribution in [2.75, 3.05) is 11.5 Å². The van der Waals surface area contributed by atoms with E-state index < -0.39 is 10.8 Å². The average molecular weight is 283 g/mol. The molecule has 2 N–H and O–H groups in total. The van der Waals surface area contributed by atoms with Crippen LogP contribution in [0.25, 0.3) is 0 Å². The van der Waals surface area contributed by atoms with Gasteiger partial charge in [0.1, 0.15) is 5.75 Å². The van der Waals surface area contributed by atoms with Crippen molar-refractivity contribution in [2.24, 2.45) is 5.73 Å². The third-order valence-corrected chi connectivity index (χ3v) is 4.25.